The van der Waals surface area contributed by atoms with E-state index in [-0.39, 0.29) is 66.0 Å². The first-order valence-electron chi connectivity index (χ1n) is 22.8. The molecule has 1 aromatic carbocycles. The van der Waals surface area contributed by atoms with Crippen molar-refractivity contribution >= 4 is 52.1 Å². The van der Waals surface area contributed by atoms with Crippen LogP contribution >= 0.6 is 0 Å². The number of carbonyl (C=O) groups excluding carboxylic acids is 5. The van der Waals surface area contributed by atoms with Gasteiger partial charge in [-0.15, -0.1) is 0 Å². The molecule has 2 heterocycles. The fourth-order valence-electron chi connectivity index (χ4n) is 8.35. The highest BCUT2D eigenvalue weighted by Gasteiger charge is 2.39. The van der Waals surface area contributed by atoms with E-state index < -0.39 is 11.7 Å². The summed E-state index contributed by atoms with van der Waals surface area (Å²) in [5, 5.41) is 20.6. The van der Waals surface area contributed by atoms with Gasteiger partial charge in [-0.25, -0.2) is 4.99 Å². The Balaban J connectivity index is 1.36. The second-order valence-corrected chi connectivity index (χ2v) is 16.7. The van der Waals surface area contributed by atoms with Crippen LogP contribution in [0.15, 0.2) is 64.0 Å². The number of aliphatic hydroxyl groups is 1. The van der Waals surface area contributed by atoms with E-state index in [1.807, 2.05) is 18.2 Å². The van der Waals surface area contributed by atoms with Gasteiger partial charge in [0.15, 0.2) is 0 Å². The van der Waals surface area contributed by atoms with Crippen LogP contribution in [0.3, 0.4) is 0 Å². The number of ketones is 1. The average Bonchev–Trinajstić information content (AvgIpc) is 4.00. The van der Waals surface area contributed by atoms with Gasteiger partial charge in [0.2, 0.25) is 29.4 Å². The van der Waals surface area contributed by atoms with Crippen molar-refractivity contribution in [3.63, 3.8) is 0 Å². The fraction of sp³-hybridized carbons (Fsp3) is 0.583. The number of anilines is 2. The Morgan fingerprint density at radius 1 is 0.733 bits per heavy atom. The summed E-state index contributed by atoms with van der Waals surface area (Å²) in [6.07, 6.45) is 18.0. The number of likely N-dealkylation sites (tertiary alicyclic amines) is 1. The molecule has 60 heavy (non-hydrogen) atoms. The maximum atomic E-state index is 14.2. The van der Waals surface area contributed by atoms with Crippen LogP contribution in [0.2, 0.25) is 0 Å². The number of benzene rings is 1. The number of rotatable bonds is 22. The minimum atomic E-state index is -0.489. The minimum absolute atomic E-state index is 0.00343. The van der Waals surface area contributed by atoms with Crippen LogP contribution in [0.5, 0.6) is 0 Å². The number of hydrogen-bond acceptors (Lipinski definition) is 8. The normalized spacial score (nSPS) is 19.4. The van der Waals surface area contributed by atoms with Crippen LogP contribution in [-0.4, -0.2) is 84.4 Å². The highest BCUT2D eigenvalue weighted by Crippen LogP contribution is 2.43. The lowest BCUT2D eigenvalue weighted by Gasteiger charge is -2.28. The van der Waals surface area contributed by atoms with Crippen LogP contribution in [0, 0.1) is 11.8 Å². The van der Waals surface area contributed by atoms with Crippen molar-refractivity contribution in [3.05, 3.63) is 64.6 Å². The van der Waals surface area contributed by atoms with Gasteiger partial charge in [0, 0.05) is 87.5 Å². The largest absolute Gasteiger partial charge is 0.506 e. The summed E-state index contributed by atoms with van der Waals surface area (Å²) < 4.78 is 0. The monoisotopic (exact) mass is 825 g/mol. The Morgan fingerprint density at radius 3 is 1.87 bits per heavy atom. The molecule has 2 fully saturated rings. The molecule has 4 amide bonds. The third-order valence-electron chi connectivity index (χ3n) is 12.3. The topological polar surface area (TPSA) is 161 Å². The lowest BCUT2D eigenvalue weighted by atomic mass is 9.78. The van der Waals surface area contributed by atoms with E-state index >= 15 is 0 Å². The summed E-state index contributed by atoms with van der Waals surface area (Å²) in [6.45, 7) is 13.2. The van der Waals surface area contributed by atoms with Crippen molar-refractivity contribution in [1.82, 2.24) is 15.5 Å². The third kappa shape index (κ3) is 12.5. The Labute approximate surface area is 357 Å². The lowest BCUT2D eigenvalue weighted by molar-refractivity contribution is -0.125. The van der Waals surface area contributed by atoms with Gasteiger partial charge < -0.3 is 30.9 Å². The molecule has 12 nitrogen and oxygen atoms in total. The number of carbonyl (C=O) groups is 5. The summed E-state index contributed by atoms with van der Waals surface area (Å²) >= 11 is 0. The van der Waals surface area contributed by atoms with E-state index in [1.54, 1.807) is 18.2 Å². The number of unbranched alkanes of at least 4 members (excludes halogenated alkanes) is 2. The van der Waals surface area contributed by atoms with E-state index in [1.165, 1.54) is 0 Å². The first kappa shape index (κ1) is 46.1. The predicted octanol–water partition coefficient (Wildman–Crippen LogP) is 8.12. The van der Waals surface area contributed by atoms with Crippen LogP contribution < -0.4 is 20.9 Å². The maximum absolute atomic E-state index is 14.2. The number of Topliss-reactive ketones (excluding diaryl/α,β-unsaturated/α-hetero) is 1. The fourth-order valence-corrected chi connectivity index (χ4v) is 8.35. The highest BCUT2D eigenvalue weighted by atomic mass is 16.3. The van der Waals surface area contributed by atoms with Crippen molar-refractivity contribution < 1.29 is 29.1 Å². The second-order valence-electron chi connectivity index (χ2n) is 16.7. The van der Waals surface area contributed by atoms with E-state index in [9.17, 15) is 29.1 Å². The molecule has 2 aliphatic heterocycles. The zero-order valence-electron chi connectivity index (χ0n) is 36.5. The highest BCUT2D eigenvalue weighted by molar-refractivity contribution is 6.42. The van der Waals surface area contributed by atoms with Gasteiger partial charge in [0.25, 0.3) is 0 Å². The van der Waals surface area contributed by atoms with E-state index in [4.69, 9.17) is 0 Å². The van der Waals surface area contributed by atoms with Crippen molar-refractivity contribution in [3.8, 4) is 0 Å². The minimum Gasteiger partial charge on any atom is -0.506 e. The molecule has 12 heteroatoms. The SMILES string of the molecule is CCCCC(CC)CNC(=O)CCC(=O)N=C1C=C(N2CCCC2)C=C/C1=C1/C(=O)C(c2ccc(N3CCCC3)cc2NC(=O)CCC(=O)NCC(CC)CCCC)=C1O. The number of amides is 4. The Bertz CT molecular complexity index is 1880. The molecule has 2 unspecified atom stereocenters. The molecule has 2 atom stereocenters. The molecule has 326 valence electrons. The molecule has 1 aromatic rings. The zero-order valence-corrected chi connectivity index (χ0v) is 36.5. The molecule has 4 N–H and O–H groups in total. The second kappa shape index (κ2) is 23.1. The number of aliphatic hydroxyl groups excluding tert-OH is 1. The summed E-state index contributed by atoms with van der Waals surface area (Å²) in [7, 11) is 0. The van der Waals surface area contributed by atoms with E-state index in [0.29, 0.717) is 41.7 Å². The molecule has 2 saturated heterocycles. The zero-order chi connectivity index (χ0) is 43.0. The van der Waals surface area contributed by atoms with Crippen molar-refractivity contribution in [2.75, 3.05) is 49.5 Å². The van der Waals surface area contributed by atoms with Crippen LogP contribution in [0.4, 0.5) is 11.4 Å². The number of hydrogen-bond donors (Lipinski definition) is 4. The Morgan fingerprint density at radius 2 is 1.30 bits per heavy atom. The predicted molar refractivity (Wildman–Crippen MR) is 240 cm³/mol. The van der Waals surface area contributed by atoms with Gasteiger partial charge in [-0.3, -0.25) is 24.0 Å². The number of nitrogens with zero attached hydrogens (tertiary/aromatic N) is 3. The molecule has 0 spiro atoms. The molecule has 0 radical (unpaired) electrons. The first-order chi connectivity index (χ1) is 29.1. The van der Waals surface area contributed by atoms with Gasteiger partial charge in [0.05, 0.1) is 22.5 Å². The van der Waals surface area contributed by atoms with Gasteiger partial charge in [-0.2, -0.15) is 0 Å². The smallest absolute Gasteiger partial charge is 0.246 e. The molecule has 4 aliphatic rings. The van der Waals surface area contributed by atoms with Crippen molar-refractivity contribution in [1.29, 1.82) is 0 Å². The standard InChI is InChI=1S/C48H68N6O6/c1-5-9-15-33(7-3)31-49-41(55)21-23-43(57)51-39-29-35(53-25-11-12-26-53)17-19-37(39)45-47(59)46(48(45)60)38-20-18-36(54-27-13-14-28-54)30-40(38)52-44(58)24-22-42(56)50-32-34(8-4)16-10-6-2/h17-20,29-30,33-34,59H,5-16,21-28,31-32H2,1-4H3,(H,49,55)(H,50,56)(H,51,57)/b46-38-,52-40?. The van der Waals surface area contributed by atoms with Crippen molar-refractivity contribution in [2.45, 2.75) is 130 Å². The summed E-state index contributed by atoms with van der Waals surface area (Å²) in [5.41, 5.74) is 3.20. The van der Waals surface area contributed by atoms with Gasteiger partial charge in [-0.1, -0.05) is 66.2 Å². The Kier molecular flexibility index (Phi) is 17.8. The van der Waals surface area contributed by atoms with Crippen molar-refractivity contribution in [2.24, 2.45) is 16.8 Å². The maximum Gasteiger partial charge on any atom is 0.246 e. The van der Waals surface area contributed by atoms with Crippen LogP contribution in [0.25, 0.3) is 5.57 Å². The van der Waals surface area contributed by atoms with Gasteiger partial charge in [-0.05, 0) is 86.8 Å². The number of nitrogens with one attached hydrogen (secondary N) is 3. The lowest BCUT2D eigenvalue weighted by Crippen LogP contribution is -2.30. The first-order valence-corrected chi connectivity index (χ1v) is 22.8. The molecular weight excluding hydrogens is 757 g/mol. The van der Waals surface area contributed by atoms with Crippen LogP contribution in [-0.2, 0) is 24.0 Å². The average molecular weight is 825 g/mol. The van der Waals surface area contributed by atoms with E-state index in [0.717, 1.165) is 115 Å². The van der Waals surface area contributed by atoms with Gasteiger partial charge in [0.1, 0.15) is 5.76 Å². The van der Waals surface area contributed by atoms with Gasteiger partial charge >= 0.3 is 0 Å². The molecule has 0 saturated carbocycles. The third-order valence-corrected chi connectivity index (χ3v) is 12.3. The summed E-state index contributed by atoms with van der Waals surface area (Å²) in [6, 6.07) is 5.48. The summed E-state index contributed by atoms with van der Waals surface area (Å²) in [5.74, 6) is -1.10. The quantitative estimate of drug-likeness (QED) is 0.0854. The van der Waals surface area contributed by atoms with E-state index in [2.05, 4.69) is 58.4 Å². The van der Waals surface area contributed by atoms with Crippen LogP contribution in [0.1, 0.15) is 136 Å². The molecule has 2 aliphatic carbocycles. The molecule has 0 bridgehead atoms. The summed E-state index contributed by atoms with van der Waals surface area (Å²) in [4.78, 5) is 75.1. The number of aliphatic imine (C=N–C) groups is 1. The molecule has 0 aromatic heterocycles. The Hall–Kier alpha value is -5.00. The molecular formula is C48H68N6O6. The molecule has 5 rings (SSSR count). The number of allylic oxidation sites excluding steroid dienone is 6.